The summed E-state index contributed by atoms with van der Waals surface area (Å²) >= 11 is 0. The largest absolute Gasteiger partial charge is 0.453 e. The fourth-order valence-corrected chi connectivity index (χ4v) is 1.68. The fraction of sp³-hybridized carbons (Fsp3) is 0.333. The van der Waals surface area contributed by atoms with Crippen LogP contribution in [0.15, 0.2) is 24.5 Å². The summed E-state index contributed by atoms with van der Waals surface area (Å²) in [5, 5.41) is 6.97. The predicted octanol–water partition coefficient (Wildman–Crippen LogP) is 1.39. The van der Waals surface area contributed by atoms with E-state index in [0.29, 0.717) is 11.6 Å². The molecule has 0 spiro atoms. The summed E-state index contributed by atoms with van der Waals surface area (Å²) < 4.78 is 6.23. The molecule has 100 valence electrons. The molecule has 19 heavy (non-hydrogen) atoms. The van der Waals surface area contributed by atoms with Crippen molar-refractivity contribution < 1.29 is 9.53 Å². The molecule has 0 saturated carbocycles. The highest BCUT2D eigenvalue weighted by molar-refractivity contribution is 5.67. The number of carbonyl (C=O) groups excluding carboxylic acids is 1. The number of carbonyl (C=O) groups is 1. The average Bonchev–Trinajstić information content (AvgIpc) is 2.82. The van der Waals surface area contributed by atoms with Crippen molar-refractivity contribution in [3.8, 4) is 5.69 Å². The van der Waals surface area contributed by atoms with Crippen molar-refractivity contribution in [1.82, 2.24) is 25.1 Å². The first-order chi connectivity index (χ1) is 9.11. The standard InChI is InChI=1S/C12H15N5O2/c1-8(14-12(18)19-3)11-15-9(2)16-17(11)10-5-4-6-13-7-10/h4-8H,1-3H3,(H,14,18)/t8-/m0/s1. The van der Waals surface area contributed by atoms with Crippen LogP contribution in [-0.2, 0) is 4.74 Å². The number of aryl methyl sites for hydroxylation is 1. The highest BCUT2D eigenvalue weighted by atomic mass is 16.5. The molecule has 2 heterocycles. The zero-order valence-electron chi connectivity index (χ0n) is 11.0. The minimum Gasteiger partial charge on any atom is -0.453 e. The van der Waals surface area contributed by atoms with Crippen molar-refractivity contribution in [3.63, 3.8) is 0 Å². The first-order valence-electron chi connectivity index (χ1n) is 5.80. The molecule has 2 aromatic heterocycles. The van der Waals surface area contributed by atoms with Gasteiger partial charge < -0.3 is 10.1 Å². The number of hydrogen-bond acceptors (Lipinski definition) is 5. The lowest BCUT2D eigenvalue weighted by molar-refractivity contribution is 0.167. The zero-order chi connectivity index (χ0) is 13.8. The van der Waals surface area contributed by atoms with Gasteiger partial charge in [0.1, 0.15) is 5.82 Å². The number of hydrogen-bond donors (Lipinski definition) is 1. The molecule has 1 atom stereocenters. The van der Waals surface area contributed by atoms with Crippen molar-refractivity contribution in [2.75, 3.05) is 7.11 Å². The van der Waals surface area contributed by atoms with Gasteiger partial charge in [-0.1, -0.05) is 0 Å². The summed E-state index contributed by atoms with van der Waals surface area (Å²) in [5.74, 6) is 1.24. The van der Waals surface area contributed by atoms with Gasteiger partial charge in [0.2, 0.25) is 0 Å². The molecule has 0 radical (unpaired) electrons. The predicted molar refractivity (Wildman–Crippen MR) is 67.8 cm³/mol. The fourth-order valence-electron chi connectivity index (χ4n) is 1.68. The van der Waals surface area contributed by atoms with Gasteiger partial charge in [0.25, 0.3) is 0 Å². The molecule has 0 saturated heterocycles. The molecule has 2 rings (SSSR count). The van der Waals surface area contributed by atoms with Crippen molar-refractivity contribution in [2.45, 2.75) is 19.9 Å². The van der Waals surface area contributed by atoms with E-state index < -0.39 is 6.09 Å². The summed E-state index contributed by atoms with van der Waals surface area (Å²) in [6.07, 6.45) is 2.86. The maximum absolute atomic E-state index is 11.2. The van der Waals surface area contributed by atoms with Gasteiger partial charge in [-0.3, -0.25) is 4.98 Å². The molecule has 0 aliphatic heterocycles. The minimum atomic E-state index is -0.508. The van der Waals surface area contributed by atoms with Crippen molar-refractivity contribution in [3.05, 3.63) is 36.2 Å². The number of rotatable bonds is 3. The van der Waals surface area contributed by atoms with Gasteiger partial charge in [0.15, 0.2) is 5.82 Å². The number of methoxy groups -OCH3 is 1. The van der Waals surface area contributed by atoms with Crippen LogP contribution in [0.1, 0.15) is 24.6 Å². The van der Waals surface area contributed by atoms with Crippen molar-refractivity contribution in [2.24, 2.45) is 0 Å². The summed E-state index contributed by atoms with van der Waals surface area (Å²) in [6.45, 7) is 3.61. The average molecular weight is 261 g/mol. The van der Waals surface area contributed by atoms with Crippen LogP contribution in [-0.4, -0.2) is 33.0 Å². The Hall–Kier alpha value is -2.44. The van der Waals surface area contributed by atoms with E-state index in [2.05, 4.69) is 25.1 Å². The van der Waals surface area contributed by atoms with E-state index >= 15 is 0 Å². The van der Waals surface area contributed by atoms with E-state index in [1.807, 2.05) is 19.1 Å². The number of aromatic nitrogens is 4. The number of ether oxygens (including phenoxy) is 1. The van der Waals surface area contributed by atoms with Crippen LogP contribution in [0.5, 0.6) is 0 Å². The first-order valence-corrected chi connectivity index (χ1v) is 5.80. The number of nitrogens with one attached hydrogen (secondary N) is 1. The Bertz CT molecular complexity index is 567. The van der Waals surface area contributed by atoms with E-state index in [4.69, 9.17) is 0 Å². The Balaban J connectivity index is 2.33. The lowest BCUT2D eigenvalue weighted by atomic mass is 10.3. The molecule has 1 N–H and O–H groups in total. The van der Waals surface area contributed by atoms with Crippen LogP contribution in [0.2, 0.25) is 0 Å². The van der Waals surface area contributed by atoms with Crippen molar-refractivity contribution in [1.29, 1.82) is 0 Å². The molecule has 0 aliphatic rings. The number of nitrogens with zero attached hydrogens (tertiary/aromatic N) is 4. The van der Waals surface area contributed by atoms with Gasteiger partial charge in [-0.2, -0.15) is 5.10 Å². The SMILES string of the molecule is COC(=O)N[C@@H](C)c1nc(C)nn1-c1cccnc1. The summed E-state index contributed by atoms with van der Waals surface area (Å²) in [5.41, 5.74) is 0.789. The molecule has 0 unspecified atom stereocenters. The summed E-state index contributed by atoms with van der Waals surface area (Å²) in [6, 6.07) is 3.36. The van der Waals surface area contributed by atoms with E-state index in [-0.39, 0.29) is 6.04 Å². The molecular weight excluding hydrogens is 246 g/mol. The molecule has 1 amide bonds. The Kier molecular flexibility index (Phi) is 3.74. The normalized spacial score (nSPS) is 11.9. The third-order valence-electron chi connectivity index (χ3n) is 2.54. The van der Waals surface area contributed by atoms with Gasteiger partial charge in [0.05, 0.1) is 25.0 Å². The summed E-state index contributed by atoms with van der Waals surface area (Å²) in [4.78, 5) is 19.6. The van der Waals surface area contributed by atoms with Gasteiger partial charge in [-0.05, 0) is 26.0 Å². The molecule has 0 aromatic carbocycles. The lowest BCUT2D eigenvalue weighted by Crippen LogP contribution is -2.28. The first kappa shape index (κ1) is 13.0. The van der Waals surface area contributed by atoms with E-state index in [1.165, 1.54) is 7.11 Å². The monoisotopic (exact) mass is 261 g/mol. The highest BCUT2D eigenvalue weighted by Gasteiger charge is 2.18. The zero-order valence-corrected chi connectivity index (χ0v) is 11.0. The molecule has 0 fully saturated rings. The van der Waals surface area contributed by atoms with Crippen LogP contribution in [0.4, 0.5) is 4.79 Å². The quantitative estimate of drug-likeness (QED) is 0.902. The van der Waals surface area contributed by atoms with Crippen LogP contribution in [0, 0.1) is 6.92 Å². The third-order valence-corrected chi connectivity index (χ3v) is 2.54. The second kappa shape index (κ2) is 5.47. The smallest absolute Gasteiger partial charge is 0.407 e. The number of alkyl carbamates (subject to hydrolysis) is 1. The van der Waals surface area contributed by atoms with Crippen LogP contribution < -0.4 is 5.32 Å². The number of pyridine rings is 1. The molecule has 0 bridgehead atoms. The summed E-state index contributed by atoms with van der Waals surface area (Å²) in [7, 11) is 1.32. The molecule has 0 aliphatic carbocycles. The Morgan fingerprint density at radius 1 is 1.53 bits per heavy atom. The van der Waals surface area contributed by atoms with Gasteiger partial charge in [-0.15, -0.1) is 0 Å². The Labute approximate surface area is 110 Å². The molecular formula is C12H15N5O2. The Morgan fingerprint density at radius 3 is 2.95 bits per heavy atom. The second-order valence-corrected chi connectivity index (χ2v) is 4.00. The molecule has 7 nitrogen and oxygen atoms in total. The topological polar surface area (TPSA) is 81.9 Å². The van der Waals surface area contributed by atoms with Crippen LogP contribution in [0.25, 0.3) is 5.69 Å². The van der Waals surface area contributed by atoms with Gasteiger partial charge >= 0.3 is 6.09 Å². The third kappa shape index (κ3) is 2.87. The van der Waals surface area contributed by atoms with E-state index in [0.717, 1.165) is 5.69 Å². The van der Waals surface area contributed by atoms with Gasteiger partial charge in [0, 0.05) is 6.20 Å². The molecule has 2 aromatic rings. The van der Waals surface area contributed by atoms with Crippen LogP contribution >= 0.6 is 0 Å². The Morgan fingerprint density at radius 2 is 2.32 bits per heavy atom. The van der Waals surface area contributed by atoms with Gasteiger partial charge in [-0.25, -0.2) is 14.5 Å². The van der Waals surface area contributed by atoms with Crippen molar-refractivity contribution >= 4 is 6.09 Å². The maximum atomic E-state index is 11.2. The second-order valence-electron chi connectivity index (χ2n) is 4.00. The maximum Gasteiger partial charge on any atom is 0.407 e. The lowest BCUT2D eigenvalue weighted by Gasteiger charge is -2.13. The molecule has 7 heteroatoms. The number of amides is 1. The van der Waals surface area contributed by atoms with Crippen LogP contribution in [0.3, 0.4) is 0 Å². The van der Waals surface area contributed by atoms with E-state index in [1.54, 1.807) is 24.0 Å². The van der Waals surface area contributed by atoms with E-state index in [9.17, 15) is 4.79 Å². The highest BCUT2D eigenvalue weighted by Crippen LogP contribution is 2.15. The minimum absolute atomic E-state index is 0.325.